The van der Waals surface area contributed by atoms with Crippen molar-refractivity contribution in [2.45, 2.75) is 90.7 Å². The van der Waals surface area contributed by atoms with Crippen LogP contribution in [0, 0.1) is 5.92 Å². The molecule has 2 heterocycles. The molecule has 3 fully saturated rings. The van der Waals surface area contributed by atoms with Crippen LogP contribution >= 0.6 is 12.4 Å². The number of benzene rings is 2. The molecule has 2 aliphatic heterocycles. The Bertz CT molecular complexity index is 1510. The average Bonchev–Trinajstić information content (AvgIpc) is 3.45. The van der Waals surface area contributed by atoms with Crippen LogP contribution in [0.2, 0.25) is 0 Å². The van der Waals surface area contributed by atoms with Gasteiger partial charge in [0.15, 0.2) is 0 Å². The minimum absolute atomic E-state index is 0. The summed E-state index contributed by atoms with van der Waals surface area (Å²) in [6.45, 7) is 2.39. The Labute approximate surface area is 263 Å². The van der Waals surface area contributed by atoms with Gasteiger partial charge in [0.25, 0.3) is 0 Å². The Kier molecular flexibility index (Phi) is 11.1. The minimum Gasteiger partial charge on any atom is -0.341 e. The van der Waals surface area contributed by atoms with Gasteiger partial charge in [-0.25, -0.2) is 21.6 Å². The number of alkyl halides is 3. The van der Waals surface area contributed by atoms with Gasteiger partial charge in [0.2, 0.25) is 25.8 Å². The largest absolute Gasteiger partial charge is 0.417 e. The number of nitrogens with one attached hydrogen (secondary N) is 1. The number of halogens is 4. The van der Waals surface area contributed by atoms with Crippen LogP contribution < -0.4 is 4.72 Å². The van der Waals surface area contributed by atoms with E-state index in [-0.39, 0.29) is 55.2 Å². The normalized spacial score (nSPS) is 21.2. The summed E-state index contributed by atoms with van der Waals surface area (Å²) in [7, 11) is -9.03. The van der Waals surface area contributed by atoms with Crippen molar-refractivity contribution in [2.75, 3.05) is 26.2 Å². The second kappa shape index (κ2) is 14.1. The molecular formula is C30H39ClF3N3O5S2. The predicted octanol–water partition coefficient (Wildman–Crippen LogP) is 5.27. The molecule has 1 saturated carbocycles. The quantitative estimate of drug-likeness (QED) is 0.408. The highest BCUT2D eigenvalue weighted by atomic mass is 35.5. The van der Waals surface area contributed by atoms with E-state index in [0.29, 0.717) is 18.1 Å². The third kappa shape index (κ3) is 7.78. The monoisotopic (exact) mass is 677 g/mol. The van der Waals surface area contributed by atoms with Crippen LogP contribution in [0.15, 0.2) is 63.2 Å². The highest BCUT2D eigenvalue weighted by Crippen LogP contribution is 2.37. The van der Waals surface area contributed by atoms with Crippen molar-refractivity contribution in [3.63, 3.8) is 0 Å². The molecule has 1 amide bonds. The summed E-state index contributed by atoms with van der Waals surface area (Å²) in [6.07, 6.45) is 3.33. The summed E-state index contributed by atoms with van der Waals surface area (Å²) in [5.74, 6) is 0.651. The van der Waals surface area contributed by atoms with Crippen LogP contribution in [-0.2, 0) is 30.8 Å². The van der Waals surface area contributed by atoms with Gasteiger partial charge in [0.1, 0.15) is 0 Å². The number of piperidine rings is 1. The molecule has 3 aliphatic rings. The first-order chi connectivity index (χ1) is 20.4. The van der Waals surface area contributed by atoms with Gasteiger partial charge in [-0.1, -0.05) is 37.5 Å². The van der Waals surface area contributed by atoms with Gasteiger partial charge in [-0.2, -0.15) is 13.2 Å². The number of hydrogen-bond acceptors (Lipinski definition) is 6. The van der Waals surface area contributed by atoms with Gasteiger partial charge in [0.05, 0.1) is 26.3 Å². The van der Waals surface area contributed by atoms with E-state index >= 15 is 0 Å². The molecule has 0 unspecified atom stereocenters. The SMILES string of the molecule is Cl.O=C([C@@H]1CCCN1CC1CCCCC1)N1CCC(NS(=O)(=O)c2cc(S(=O)(=O)c3ccccc3)ccc2C(F)(F)F)CC1. The van der Waals surface area contributed by atoms with Gasteiger partial charge >= 0.3 is 6.18 Å². The van der Waals surface area contributed by atoms with Crippen molar-refractivity contribution in [2.24, 2.45) is 5.92 Å². The maximum atomic E-state index is 13.9. The zero-order valence-corrected chi connectivity index (χ0v) is 26.8. The fraction of sp³-hybridized carbons (Fsp3) is 0.567. The maximum absolute atomic E-state index is 13.9. The van der Waals surface area contributed by atoms with Crippen molar-refractivity contribution in [1.29, 1.82) is 0 Å². The molecule has 1 atom stereocenters. The summed E-state index contributed by atoms with van der Waals surface area (Å²) in [6, 6.07) is 8.05. The fourth-order valence-corrected chi connectivity index (χ4v) is 9.54. The minimum atomic E-state index is -5.03. The lowest BCUT2D eigenvalue weighted by Gasteiger charge is -2.37. The van der Waals surface area contributed by atoms with Gasteiger partial charge in [-0.05, 0) is 81.3 Å². The molecule has 244 valence electrons. The lowest BCUT2D eigenvalue weighted by atomic mass is 9.89. The predicted molar refractivity (Wildman–Crippen MR) is 162 cm³/mol. The van der Waals surface area contributed by atoms with Crippen LogP contribution in [0.3, 0.4) is 0 Å². The fourth-order valence-electron chi connectivity index (χ4n) is 6.60. The Morgan fingerprint density at radius 2 is 1.48 bits per heavy atom. The van der Waals surface area contributed by atoms with Gasteiger partial charge in [-0.15, -0.1) is 12.4 Å². The number of carbonyl (C=O) groups excluding carboxylic acids is 1. The van der Waals surface area contributed by atoms with E-state index in [1.54, 1.807) is 11.0 Å². The number of carbonyl (C=O) groups is 1. The topological polar surface area (TPSA) is 104 Å². The molecule has 1 N–H and O–H groups in total. The molecule has 0 radical (unpaired) electrons. The number of amides is 1. The molecule has 0 aromatic heterocycles. The number of sulfone groups is 1. The molecular weight excluding hydrogens is 639 g/mol. The zero-order valence-electron chi connectivity index (χ0n) is 24.3. The van der Waals surface area contributed by atoms with Crippen LogP contribution in [-0.4, -0.2) is 70.8 Å². The van der Waals surface area contributed by atoms with Crippen LogP contribution in [0.5, 0.6) is 0 Å². The third-order valence-corrected chi connectivity index (χ3v) is 12.2. The van der Waals surface area contributed by atoms with Crippen LogP contribution in [0.25, 0.3) is 0 Å². The van der Waals surface area contributed by atoms with E-state index in [1.165, 1.54) is 56.4 Å². The number of rotatable bonds is 8. The van der Waals surface area contributed by atoms with Crippen molar-refractivity contribution >= 4 is 38.2 Å². The molecule has 5 rings (SSSR count). The van der Waals surface area contributed by atoms with E-state index in [2.05, 4.69) is 9.62 Å². The molecule has 1 aliphatic carbocycles. The number of nitrogens with zero attached hydrogens (tertiary/aromatic N) is 2. The summed E-state index contributed by atoms with van der Waals surface area (Å²) in [5, 5.41) is 0. The van der Waals surface area contributed by atoms with E-state index in [9.17, 15) is 34.8 Å². The molecule has 2 saturated heterocycles. The lowest BCUT2D eigenvalue weighted by molar-refractivity contribution is -0.140. The zero-order chi connectivity index (χ0) is 30.8. The molecule has 2 aromatic rings. The smallest absolute Gasteiger partial charge is 0.341 e. The molecule has 8 nitrogen and oxygen atoms in total. The van der Waals surface area contributed by atoms with Crippen LogP contribution in [0.4, 0.5) is 13.2 Å². The Hall–Kier alpha value is -2.19. The first-order valence-electron chi connectivity index (χ1n) is 14.9. The summed E-state index contributed by atoms with van der Waals surface area (Å²) >= 11 is 0. The second-order valence-electron chi connectivity index (χ2n) is 11.9. The average molecular weight is 678 g/mol. The molecule has 44 heavy (non-hydrogen) atoms. The van der Waals surface area contributed by atoms with Gasteiger partial charge in [0, 0.05) is 25.7 Å². The van der Waals surface area contributed by atoms with Gasteiger partial charge < -0.3 is 4.90 Å². The van der Waals surface area contributed by atoms with Gasteiger partial charge in [-0.3, -0.25) is 9.69 Å². The third-order valence-electron chi connectivity index (χ3n) is 8.91. The standard InChI is InChI=1S/C30H38F3N3O5S2.ClH/c31-30(32,33)26-14-13-25(42(38,39)24-10-5-2-6-11-24)20-28(26)43(40,41)34-23-15-18-35(19-16-23)29(37)27-12-7-17-36(27)21-22-8-3-1-4-9-22;/h2,5-6,10-11,13-14,20,22-23,27,34H,1,3-4,7-9,12,15-19,21H2;1H/t27-;/m0./s1. The summed E-state index contributed by atoms with van der Waals surface area (Å²) in [4.78, 5) is 15.6. The molecule has 0 spiro atoms. The maximum Gasteiger partial charge on any atom is 0.417 e. The molecule has 0 bridgehead atoms. The number of sulfonamides is 1. The molecule has 2 aromatic carbocycles. The number of likely N-dealkylation sites (tertiary alicyclic amines) is 2. The molecule has 14 heteroatoms. The van der Waals surface area contributed by atoms with Crippen LogP contribution in [0.1, 0.15) is 63.4 Å². The van der Waals surface area contributed by atoms with E-state index in [4.69, 9.17) is 0 Å². The number of hydrogen-bond donors (Lipinski definition) is 1. The first kappa shape index (κ1) is 34.7. The van der Waals surface area contributed by atoms with Crippen molar-refractivity contribution in [1.82, 2.24) is 14.5 Å². The highest BCUT2D eigenvalue weighted by molar-refractivity contribution is 7.91. The first-order valence-corrected chi connectivity index (χ1v) is 17.9. The van der Waals surface area contributed by atoms with Crippen molar-refractivity contribution < 1.29 is 34.8 Å². The Balaban J connectivity index is 0.00000442. The van der Waals surface area contributed by atoms with E-state index in [1.807, 2.05) is 0 Å². The Morgan fingerprint density at radius 3 is 2.11 bits per heavy atom. The summed E-state index contributed by atoms with van der Waals surface area (Å²) < 4.78 is 96.9. The van der Waals surface area contributed by atoms with Crippen molar-refractivity contribution in [3.05, 3.63) is 54.1 Å². The van der Waals surface area contributed by atoms with E-state index in [0.717, 1.165) is 32.0 Å². The highest BCUT2D eigenvalue weighted by Gasteiger charge is 2.40. The summed E-state index contributed by atoms with van der Waals surface area (Å²) in [5.41, 5.74) is -1.45. The Morgan fingerprint density at radius 1 is 0.818 bits per heavy atom. The second-order valence-corrected chi connectivity index (χ2v) is 15.5. The van der Waals surface area contributed by atoms with Crippen molar-refractivity contribution in [3.8, 4) is 0 Å². The lowest BCUT2D eigenvalue weighted by Crippen LogP contribution is -2.52. The van der Waals surface area contributed by atoms with E-state index < -0.39 is 47.4 Å².